The van der Waals surface area contributed by atoms with E-state index in [9.17, 15) is 22.0 Å². The van der Waals surface area contributed by atoms with Crippen molar-refractivity contribution in [2.45, 2.75) is 25.9 Å². The lowest BCUT2D eigenvalue weighted by atomic mass is 10.1. The van der Waals surface area contributed by atoms with Crippen molar-refractivity contribution in [1.29, 1.82) is 0 Å². The highest BCUT2D eigenvalue weighted by molar-refractivity contribution is 7.93. The fraction of sp³-hybridized carbons (Fsp3) is 0.263. The molecule has 1 aromatic carbocycles. The van der Waals surface area contributed by atoms with Crippen molar-refractivity contribution >= 4 is 33.2 Å². The minimum Gasteiger partial charge on any atom is -0.361 e. The summed E-state index contributed by atoms with van der Waals surface area (Å²) in [5.41, 5.74) is 0.0714. The number of sulfone groups is 1. The monoisotopic (exact) mass is 443 g/mol. The zero-order valence-electron chi connectivity index (χ0n) is 15.9. The summed E-state index contributed by atoms with van der Waals surface area (Å²) >= 11 is 6.10. The molecule has 156 valence electrons. The molecular weight excluding hydrogens is 424 g/mol. The number of hydrogen-bond donors (Lipinski definition) is 2. The van der Waals surface area contributed by atoms with Gasteiger partial charge in [-0.1, -0.05) is 35.9 Å². The molecule has 1 aromatic heterocycles. The van der Waals surface area contributed by atoms with E-state index in [1.165, 1.54) is 13.0 Å². The smallest absolute Gasteiger partial charge is 0.256 e. The summed E-state index contributed by atoms with van der Waals surface area (Å²) in [6.45, 7) is 3.19. The maximum absolute atomic E-state index is 14.4. The first kappa shape index (κ1) is 22.8. The lowest BCUT2D eigenvalue weighted by Crippen LogP contribution is -2.32. The topological polar surface area (TPSA) is 88.2 Å². The van der Waals surface area contributed by atoms with Gasteiger partial charge in [0.05, 0.1) is 11.6 Å². The van der Waals surface area contributed by atoms with Gasteiger partial charge in [0.25, 0.3) is 5.91 Å². The van der Waals surface area contributed by atoms with Crippen molar-refractivity contribution in [3.63, 3.8) is 0 Å². The van der Waals surface area contributed by atoms with E-state index >= 15 is 0 Å². The maximum Gasteiger partial charge on any atom is 0.256 e. The molecule has 0 spiro atoms. The number of rotatable bonds is 7. The first-order valence-electron chi connectivity index (χ1n) is 8.54. The van der Waals surface area contributed by atoms with Crippen LogP contribution in [-0.4, -0.2) is 31.6 Å². The summed E-state index contributed by atoms with van der Waals surface area (Å²) in [6, 6.07) is 6.46. The van der Waals surface area contributed by atoms with Gasteiger partial charge in [-0.3, -0.25) is 4.79 Å². The predicted molar refractivity (Wildman–Crippen MR) is 109 cm³/mol. The van der Waals surface area contributed by atoms with E-state index in [4.69, 9.17) is 11.6 Å². The fourth-order valence-corrected chi connectivity index (χ4v) is 3.25. The fourth-order valence-electron chi connectivity index (χ4n) is 2.43. The standard InChI is InChI=1S/C19H20ClF2N3O3S/c1-11(8-9-29(3,27)28)23-19(26)14-10-16(21)18(25-17(14)22)24-12(2)13-6-4-5-7-15(13)20/h4-12H,1-3H3,(H,23,26)(H,24,25)/b9-8+/t11-,12+/m1/s1. The highest BCUT2D eigenvalue weighted by atomic mass is 35.5. The third-order valence-corrected chi connectivity index (χ3v) is 4.87. The lowest BCUT2D eigenvalue weighted by Gasteiger charge is -2.17. The van der Waals surface area contributed by atoms with E-state index < -0.39 is 45.2 Å². The van der Waals surface area contributed by atoms with Gasteiger partial charge in [0.2, 0.25) is 5.95 Å². The van der Waals surface area contributed by atoms with Gasteiger partial charge in [0.1, 0.15) is 0 Å². The molecule has 0 radical (unpaired) electrons. The molecule has 2 aromatic rings. The minimum atomic E-state index is -3.37. The molecule has 2 N–H and O–H groups in total. The molecule has 0 aliphatic heterocycles. The average Bonchev–Trinajstić information content (AvgIpc) is 2.62. The van der Waals surface area contributed by atoms with Crippen molar-refractivity contribution in [3.8, 4) is 0 Å². The van der Waals surface area contributed by atoms with Crippen LogP contribution in [0.3, 0.4) is 0 Å². The van der Waals surface area contributed by atoms with E-state index in [2.05, 4.69) is 15.6 Å². The molecule has 2 atom stereocenters. The second kappa shape index (κ2) is 9.32. The number of benzene rings is 1. The Hall–Kier alpha value is -2.52. The number of carbonyl (C=O) groups excluding carboxylic acids is 1. The van der Waals surface area contributed by atoms with Crippen molar-refractivity contribution in [2.75, 3.05) is 11.6 Å². The molecule has 1 amide bonds. The molecule has 29 heavy (non-hydrogen) atoms. The van der Waals surface area contributed by atoms with Crippen LogP contribution in [0.1, 0.15) is 35.8 Å². The Bertz CT molecular complexity index is 1040. The number of halogens is 3. The Labute approximate surface area is 172 Å². The van der Waals surface area contributed by atoms with Gasteiger partial charge in [0.15, 0.2) is 21.5 Å². The Morgan fingerprint density at radius 1 is 1.24 bits per heavy atom. The average molecular weight is 444 g/mol. The first-order chi connectivity index (χ1) is 13.5. The zero-order valence-corrected chi connectivity index (χ0v) is 17.5. The van der Waals surface area contributed by atoms with Crippen LogP contribution in [0.5, 0.6) is 0 Å². The lowest BCUT2D eigenvalue weighted by molar-refractivity contribution is 0.0941. The summed E-state index contributed by atoms with van der Waals surface area (Å²) in [7, 11) is -3.37. The molecule has 0 bridgehead atoms. The molecule has 0 aliphatic rings. The molecule has 10 heteroatoms. The Morgan fingerprint density at radius 3 is 2.52 bits per heavy atom. The molecule has 0 unspecified atom stereocenters. The highest BCUT2D eigenvalue weighted by Gasteiger charge is 2.20. The van der Waals surface area contributed by atoms with Crippen molar-refractivity contribution in [1.82, 2.24) is 10.3 Å². The van der Waals surface area contributed by atoms with E-state index in [-0.39, 0.29) is 5.82 Å². The number of nitrogens with zero attached hydrogens (tertiary/aromatic N) is 1. The number of amides is 1. The number of hydrogen-bond acceptors (Lipinski definition) is 5. The van der Waals surface area contributed by atoms with Gasteiger partial charge in [-0.05, 0) is 31.5 Å². The minimum absolute atomic E-state index is 0.364. The molecular formula is C19H20ClF2N3O3S. The molecule has 6 nitrogen and oxygen atoms in total. The quantitative estimate of drug-likeness (QED) is 0.634. The van der Waals surface area contributed by atoms with Crippen LogP contribution >= 0.6 is 11.6 Å². The largest absolute Gasteiger partial charge is 0.361 e. The van der Waals surface area contributed by atoms with Crippen molar-refractivity contribution in [3.05, 3.63) is 69.7 Å². The molecule has 0 saturated carbocycles. The van der Waals surface area contributed by atoms with Crippen LogP contribution in [0.2, 0.25) is 5.02 Å². The van der Waals surface area contributed by atoms with Crippen LogP contribution in [0.4, 0.5) is 14.6 Å². The van der Waals surface area contributed by atoms with Gasteiger partial charge in [-0.2, -0.15) is 9.37 Å². The number of carbonyl (C=O) groups is 1. The number of anilines is 1. The summed E-state index contributed by atoms with van der Waals surface area (Å²) in [5.74, 6) is -3.38. The summed E-state index contributed by atoms with van der Waals surface area (Å²) in [5, 5.41) is 6.46. The van der Waals surface area contributed by atoms with Crippen LogP contribution in [0, 0.1) is 11.8 Å². The van der Waals surface area contributed by atoms with Crippen molar-refractivity contribution < 1.29 is 22.0 Å². The second-order valence-electron chi connectivity index (χ2n) is 6.46. The third kappa shape index (κ3) is 6.50. The maximum atomic E-state index is 14.4. The molecule has 0 aliphatic carbocycles. The molecule has 0 fully saturated rings. The van der Waals surface area contributed by atoms with Crippen LogP contribution < -0.4 is 10.6 Å². The van der Waals surface area contributed by atoms with Crippen LogP contribution in [0.25, 0.3) is 0 Å². The zero-order chi connectivity index (χ0) is 21.8. The van der Waals surface area contributed by atoms with Gasteiger partial charge < -0.3 is 10.6 Å². The van der Waals surface area contributed by atoms with Crippen LogP contribution in [-0.2, 0) is 9.84 Å². The van der Waals surface area contributed by atoms with Gasteiger partial charge in [0, 0.05) is 22.7 Å². The number of nitrogens with one attached hydrogen (secondary N) is 2. The highest BCUT2D eigenvalue weighted by Crippen LogP contribution is 2.26. The Kier molecular flexibility index (Phi) is 7.32. The normalized spacial score (nSPS) is 13.9. The van der Waals surface area contributed by atoms with E-state index in [0.29, 0.717) is 10.6 Å². The second-order valence-corrected chi connectivity index (χ2v) is 8.80. The van der Waals surface area contributed by atoms with Gasteiger partial charge in [-0.15, -0.1) is 0 Å². The number of aromatic nitrogens is 1. The first-order valence-corrected chi connectivity index (χ1v) is 10.9. The van der Waals surface area contributed by atoms with Crippen molar-refractivity contribution in [2.24, 2.45) is 0 Å². The van der Waals surface area contributed by atoms with E-state index in [1.54, 1.807) is 31.2 Å². The SMILES string of the molecule is C[C@H](/C=C/S(C)(=O)=O)NC(=O)c1cc(F)c(N[C@@H](C)c2ccccc2Cl)nc1F. The summed E-state index contributed by atoms with van der Waals surface area (Å²) in [4.78, 5) is 15.7. The van der Waals surface area contributed by atoms with E-state index in [1.807, 2.05) is 0 Å². The summed E-state index contributed by atoms with van der Waals surface area (Å²) < 4.78 is 50.9. The van der Waals surface area contributed by atoms with E-state index in [0.717, 1.165) is 17.7 Å². The third-order valence-electron chi connectivity index (χ3n) is 3.87. The summed E-state index contributed by atoms with van der Waals surface area (Å²) in [6.07, 6.45) is 2.21. The molecule has 0 saturated heterocycles. The Balaban J connectivity index is 2.17. The number of pyridine rings is 1. The molecule has 1 heterocycles. The predicted octanol–water partition coefficient (Wildman–Crippen LogP) is 3.86. The van der Waals surface area contributed by atoms with Gasteiger partial charge in [-0.25, -0.2) is 12.8 Å². The van der Waals surface area contributed by atoms with Crippen LogP contribution in [0.15, 0.2) is 41.8 Å². The Morgan fingerprint density at radius 2 is 1.90 bits per heavy atom. The van der Waals surface area contributed by atoms with Gasteiger partial charge >= 0.3 is 0 Å². The molecule has 2 rings (SSSR count).